The zero-order chi connectivity index (χ0) is 17.6. The third-order valence-electron chi connectivity index (χ3n) is 4.00. The molecule has 0 saturated heterocycles. The molecule has 7 nitrogen and oxygen atoms in total. The van der Waals surface area contributed by atoms with E-state index in [-0.39, 0.29) is 24.8 Å². The number of fused-ring (bicyclic) bond motifs is 1. The fraction of sp³-hybridized carbons (Fsp3) is 0.278. The van der Waals surface area contributed by atoms with Crippen LogP contribution in [0.3, 0.4) is 0 Å². The minimum Gasteiger partial charge on any atom is -0.459 e. The Morgan fingerprint density at radius 2 is 1.88 bits per heavy atom. The number of rotatable bonds is 5. The molecule has 1 aromatic carbocycles. The average molecular weight is 341 g/mol. The number of hydrogen-bond donors (Lipinski definition) is 2. The maximum absolute atomic E-state index is 12.4. The molecule has 1 aliphatic rings. The maximum Gasteiger partial charge on any atom is 0.287 e. The smallest absolute Gasteiger partial charge is 0.287 e. The van der Waals surface area contributed by atoms with E-state index >= 15 is 0 Å². The number of carbonyl (C=O) groups is 3. The molecule has 3 amide bonds. The largest absolute Gasteiger partial charge is 0.459 e. The standard InChI is InChI=1S/C18H19N3O4/c22-16(11-20-18(24)15-8-4-10-25-15)19-12-17(23)21-9-3-6-13-5-1-2-7-14(13)21/h1-2,4-5,7-8,10H,3,6,9,11-12H2,(H,19,22)(H,20,24). The number of hydrogen-bond acceptors (Lipinski definition) is 4. The van der Waals surface area contributed by atoms with E-state index in [1.807, 2.05) is 24.3 Å². The summed E-state index contributed by atoms with van der Waals surface area (Å²) in [5, 5.41) is 4.97. The minimum absolute atomic E-state index is 0.107. The van der Waals surface area contributed by atoms with Crippen molar-refractivity contribution >= 4 is 23.4 Å². The number of para-hydroxylation sites is 1. The second-order valence-corrected chi connectivity index (χ2v) is 5.71. The first-order chi connectivity index (χ1) is 12.1. The van der Waals surface area contributed by atoms with Crippen LogP contribution in [0.4, 0.5) is 5.69 Å². The van der Waals surface area contributed by atoms with Gasteiger partial charge in [-0.15, -0.1) is 0 Å². The number of anilines is 1. The quantitative estimate of drug-likeness (QED) is 0.852. The molecule has 2 N–H and O–H groups in total. The SMILES string of the molecule is O=C(CNC(=O)c1ccco1)NCC(=O)N1CCCc2ccccc21. The van der Waals surface area contributed by atoms with Crippen molar-refractivity contribution in [1.29, 1.82) is 0 Å². The number of nitrogens with zero attached hydrogens (tertiary/aromatic N) is 1. The van der Waals surface area contributed by atoms with Crippen molar-refractivity contribution in [3.63, 3.8) is 0 Å². The molecule has 0 radical (unpaired) electrons. The predicted octanol–water partition coefficient (Wildman–Crippen LogP) is 1.11. The zero-order valence-corrected chi connectivity index (χ0v) is 13.7. The lowest BCUT2D eigenvalue weighted by atomic mass is 10.0. The van der Waals surface area contributed by atoms with E-state index in [1.54, 1.807) is 11.0 Å². The Bertz CT molecular complexity index is 770. The van der Waals surface area contributed by atoms with E-state index in [1.165, 1.54) is 12.3 Å². The fourth-order valence-corrected chi connectivity index (χ4v) is 2.78. The van der Waals surface area contributed by atoms with Crippen LogP contribution < -0.4 is 15.5 Å². The molecule has 2 aromatic rings. The number of benzene rings is 1. The van der Waals surface area contributed by atoms with Gasteiger partial charge in [0.1, 0.15) is 0 Å². The molecule has 0 saturated carbocycles. The molecule has 0 bridgehead atoms. The van der Waals surface area contributed by atoms with Gasteiger partial charge in [-0.25, -0.2) is 0 Å². The summed E-state index contributed by atoms with van der Waals surface area (Å²) in [6.07, 6.45) is 3.23. The summed E-state index contributed by atoms with van der Waals surface area (Å²) in [4.78, 5) is 37.6. The van der Waals surface area contributed by atoms with Crippen LogP contribution >= 0.6 is 0 Å². The van der Waals surface area contributed by atoms with Gasteiger partial charge in [-0.2, -0.15) is 0 Å². The number of furan rings is 1. The van der Waals surface area contributed by atoms with E-state index in [4.69, 9.17) is 4.42 Å². The first-order valence-corrected chi connectivity index (χ1v) is 8.12. The molecule has 1 aromatic heterocycles. The van der Waals surface area contributed by atoms with Gasteiger partial charge in [0.05, 0.1) is 19.4 Å². The first-order valence-electron chi connectivity index (χ1n) is 8.12. The van der Waals surface area contributed by atoms with Gasteiger partial charge in [-0.3, -0.25) is 14.4 Å². The van der Waals surface area contributed by atoms with Gasteiger partial charge in [0, 0.05) is 12.2 Å². The average Bonchev–Trinajstić information content (AvgIpc) is 3.18. The normalized spacial score (nSPS) is 13.0. The van der Waals surface area contributed by atoms with E-state index in [0.717, 1.165) is 24.1 Å². The molecule has 7 heteroatoms. The summed E-state index contributed by atoms with van der Waals surface area (Å²) in [5.74, 6) is -0.943. The Hall–Kier alpha value is -3.09. The molecule has 2 heterocycles. The van der Waals surface area contributed by atoms with Crippen molar-refractivity contribution in [2.75, 3.05) is 24.5 Å². The number of nitrogens with one attached hydrogen (secondary N) is 2. The van der Waals surface area contributed by atoms with Crippen LogP contribution in [0.1, 0.15) is 22.5 Å². The van der Waals surface area contributed by atoms with E-state index in [9.17, 15) is 14.4 Å². The van der Waals surface area contributed by atoms with Crippen LogP contribution in [0.25, 0.3) is 0 Å². The van der Waals surface area contributed by atoms with Gasteiger partial charge in [0.2, 0.25) is 11.8 Å². The molecule has 25 heavy (non-hydrogen) atoms. The topological polar surface area (TPSA) is 91.6 Å². The van der Waals surface area contributed by atoms with Gasteiger partial charge in [0.25, 0.3) is 5.91 Å². The van der Waals surface area contributed by atoms with E-state index in [2.05, 4.69) is 10.6 Å². The Morgan fingerprint density at radius 3 is 2.68 bits per heavy atom. The number of amides is 3. The molecular formula is C18H19N3O4. The van der Waals surface area contributed by atoms with Crippen molar-refractivity contribution in [2.45, 2.75) is 12.8 Å². The molecule has 0 aliphatic carbocycles. The Labute approximate surface area is 145 Å². The van der Waals surface area contributed by atoms with Gasteiger partial charge >= 0.3 is 0 Å². The van der Waals surface area contributed by atoms with Gasteiger partial charge in [-0.1, -0.05) is 18.2 Å². The monoisotopic (exact) mass is 341 g/mol. The Balaban J connectivity index is 1.48. The van der Waals surface area contributed by atoms with Gasteiger partial charge in [0.15, 0.2) is 5.76 Å². The van der Waals surface area contributed by atoms with Crippen LogP contribution in [0.2, 0.25) is 0 Å². The van der Waals surface area contributed by atoms with Gasteiger partial charge < -0.3 is 20.0 Å². The van der Waals surface area contributed by atoms with Gasteiger partial charge in [-0.05, 0) is 36.6 Å². The molecule has 0 unspecified atom stereocenters. The second-order valence-electron chi connectivity index (χ2n) is 5.71. The highest BCUT2D eigenvalue weighted by molar-refractivity contribution is 5.98. The van der Waals surface area contributed by atoms with Crippen molar-refractivity contribution in [3.05, 3.63) is 54.0 Å². The van der Waals surface area contributed by atoms with E-state index < -0.39 is 11.8 Å². The lowest BCUT2D eigenvalue weighted by Gasteiger charge is -2.29. The summed E-state index contributed by atoms with van der Waals surface area (Å²) in [7, 11) is 0. The van der Waals surface area contributed by atoms with Crippen molar-refractivity contribution in [1.82, 2.24) is 10.6 Å². The van der Waals surface area contributed by atoms with Crippen LogP contribution in [0.5, 0.6) is 0 Å². The molecule has 1 aliphatic heterocycles. The molecule has 0 atom stereocenters. The lowest BCUT2D eigenvalue weighted by molar-refractivity contribution is -0.124. The van der Waals surface area contributed by atoms with Crippen molar-refractivity contribution in [2.24, 2.45) is 0 Å². The van der Waals surface area contributed by atoms with E-state index in [0.29, 0.717) is 6.54 Å². The fourth-order valence-electron chi connectivity index (χ4n) is 2.78. The highest BCUT2D eigenvalue weighted by Crippen LogP contribution is 2.26. The van der Waals surface area contributed by atoms with Crippen molar-refractivity contribution in [3.8, 4) is 0 Å². The Kier molecular flexibility index (Phi) is 5.13. The lowest BCUT2D eigenvalue weighted by Crippen LogP contribution is -2.45. The van der Waals surface area contributed by atoms with Crippen molar-refractivity contribution < 1.29 is 18.8 Å². The number of aryl methyl sites for hydroxylation is 1. The summed E-state index contributed by atoms with van der Waals surface area (Å²) in [6, 6.07) is 10.9. The third kappa shape index (κ3) is 4.06. The summed E-state index contributed by atoms with van der Waals surface area (Å²) >= 11 is 0. The summed E-state index contributed by atoms with van der Waals surface area (Å²) < 4.78 is 4.93. The first kappa shape index (κ1) is 16.8. The summed E-state index contributed by atoms with van der Waals surface area (Å²) in [6.45, 7) is 0.314. The molecule has 0 spiro atoms. The maximum atomic E-state index is 12.4. The highest BCUT2D eigenvalue weighted by atomic mass is 16.3. The predicted molar refractivity (Wildman–Crippen MR) is 91.2 cm³/mol. The Morgan fingerprint density at radius 1 is 1.04 bits per heavy atom. The third-order valence-corrected chi connectivity index (χ3v) is 4.00. The minimum atomic E-state index is -0.476. The molecular weight excluding hydrogens is 322 g/mol. The number of carbonyl (C=O) groups excluding carboxylic acids is 3. The van der Waals surface area contributed by atoms with Crippen LogP contribution in [-0.2, 0) is 16.0 Å². The summed E-state index contributed by atoms with van der Waals surface area (Å²) in [5.41, 5.74) is 2.04. The molecule has 130 valence electrons. The van der Waals surface area contributed by atoms with Crippen LogP contribution in [-0.4, -0.2) is 37.4 Å². The zero-order valence-electron chi connectivity index (χ0n) is 13.7. The molecule has 3 rings (SSSR count). The van der Waals surface area contributed by atoms with Crippen LogP contribution in [0, 0.1) is 0 Å². The molecule has 0 fully saturated rings. The second kappa shape index (κ2) is 7.65. The highest BCUT2D eigenvalue weighted by Gasteiger charge is 2.22. The van der Waals surface area contributed by atoms with Crippen LogP contribution in [0.15, 0.2) is 47.1 Å².